The topological polar surface area (TPSA) is 224 Å². The number of pyridine rings is 1. The number of nitrogens with zero attached hydrogens (tertiary/aromatic N) is 6. The normalized spacial score (nSPS) is 17.9. The van der Waals surface area contributed by atoms with Crippen LogP contribution in [0.3, 0.4) is 0 Å². The lowest BCUT2D eigenvalue weighted by Gasteiger charge is -2.35. The lowest BCUT2D eigenvalue weighted by atomic mass is 9.85. The van der Waals surface area contributed by atoms with Gasteiger partial charge in [-0.1, -0.05) is 49.5 Å². The molecule has 0 aliphatic carbocycles. The number of amides is 4. The molecular formula is C46H53ClF2N10O8S. The van der Waals surface area contributed by atoms with Gasteiger partial charge in [-0.3, -0.25) is 19.2 Å². The number of anilines is 2. The number of hydrogen-bond acceptors (Lipinski definition) is 14. The van der Waals surface area contributed by atoms with Crippen LogP contribution in [-0.4, -0.2) is 115 Å². The van der Waals surface area contributed by atoms with E-state index in [2.05, 4.69) is 45.7 Å². The molecule has 362 valence electrons. The van der Waals surface area contributed by atoms with Gasteiger partial charge >= 0.3 is 5.57 Å². The number of hydrogen-bond donors (Lipinski definition) is 5. The van der Waals surface area contributed by atoms with Crippen LogP contribution in [0.25, 0.3) is 21.7 Å². The van der Waals surface area contributed by atoms with Crippen molar-refractivity contribution >= 4 is 58.3 Å². The first-order valence-corrected chi connectivity index (χ1v) is 23.2. The van der Waals surface area contributed by atoms with E-state index < -0.39 is 59.4 Å². The minimum atomic E-state index is -3.89. The zero-order valence-corrected chi connectivity index (χ0v) is 39.4. The van der Waals surface area contributed by atoms with Gasteiger partial charge in [-0.15, -0.1) is 13.9 Å². The minimum absolute atomic E-state index is 0.0383. The highest BCUT2D eigenvalue weighted by atomic mass is 35.5. The monoisotopic (exact) mass is 978 g/mol. The molecule has 22 heteroatoms. The summed E-state index contributed by atoms with van der Waals surface area (Å²) in [6.45, 7) is 7.81. The molecule has 5 N–H and O–H groups in total. The van der Waals surface area contributed by atoms with Crippen molar-refractivity contribution in [3.63, 3.8) is 0 Å². The number of carbonyl (C=O) groups excluding carboxylic acids is 4. The van der Waals surface area contributed by atoms with Crippen molar-refractivity contribution in [2.75, 3.05) is 43.5 Å². The smallest absolute Gasteiger partial charge is 0.420 e. The van der Waals surface area contributed by atoms with Crippen molar-refractivity contribution in [2.24, 2.45) is 5.41 Å². The molecule has 0 spiro atoms. The Labute approximate surface area is 400 Å². The third-order valence-electron chi connectivity index (χ3n) is 11.3. The zero-order chi connectivity index (χ0) is 48.6. The van der Waals surface area contributed by atoms with Crippen LogP contribution in [0, 0.1) is 12.3 Å². The van der Waals surface area contributed by atoms with Crippen LogP contribution in [0.5, 0.6) is 5.75 Å². The van der Waals surface area contributed by atoms with Gasteiger partial charge in [0, 0.05) is 67.9 Å². The highest BCUT2D eigenvalue weighted by Crippen LogP contribution is 2.33. The number of aromatic nitrogens is 5. The Morgan fingerprint density at radius 1 is 1.06 bits per heavy atom. The van der Waals surface area contributed by atoms with Crippen molar-refractivity contribution in [3.05, 3.63) is 89.9 Å². The first-order chi connectivity index (χ1) is 32.4. The third kappa shape index (κ3) is 12.9. The van der Waals surface area contributed by atoms with Gasteiger partial charge < -0.3 is 45.5 Å². The lowest BCUT2D eigenvalue weighted by Crippen LogP contribution is -2.58. The Morgan fingerprint density at radius 3 is 2.50 bits per heavy atom. The predicted molar refractivity (Wildman–Crippen MR) is 249 cm³/mol. The summed E-state index contributed by atoms with van der Waals surface area (Å²) in [6.07, 6.45) is 4.39. The van der Waals surface area contributed by atoms with E-state index in [-0.39, 0.29) is 50.2 Å². The number of nitrogens with one attached hydrogen (secondary N) is 4. The van der Waals surface area contributed by atoms with E-state index in [0.717, 1.165) is 41.0 Å². The fourth-order valence-electron chi connectivity index (χ4n) is 7.85. The largest absolute Gasteiger partial charge is 0.487 e. The molecule has 68 heavy (non-hydrogen) atoms. The van der Waals surface area contributed by atoms with Gasteiger partial charge in [0.1, 0.15) is 30.3 Å². The Morgan fingerprint density at radius 2 is 1.82 bits per heavy atom. The second-order valence-corrected chi connectivity index (χ2v) is 18.7. The van der Waals surface area contributed by atoms with Crippen molar-refractivity contribution in [3.8, 4) is 27.4 Å². The number of ether oxygens (including phenoxy) is 3. The predicted octanol–water partition coefficient (Wildman–Crippen LogP) is 6.13. The Hall–Kier alpha value is -6.13. The van der Waals surface area contributed by atoms with Gasteiger partial charge in [0.25, 0.3) is 5.91 Å². The van der Waals surface area contributed by atoms with Gasteiger partial charge in [0.2, 0.25) is 17.7 Å². The molecular weight excluding hydrogens is 926 g/mol. The Bertz CT molecular complexity index is 2550. The van der Waals surface area contributed by atoms with E-state index in [1.807, 2.05) is 31.2 Å². The highest BCUT2D eigenvalue weighted by Gasteiger charge is 2.44. The van der Waals surface area contributed by atoms with Gasteiger partial charge in [-0.2, -0.15) is 5.10 Å². The van der Waals surface area contributed by atoms with Gasteiger partial charge in [0.05, 0.1) is 34.5 Å². The number of halogens is 3. The summed E-state index contributed by atoms with van der Waals surface area (Å²) in [5, 5.41) is 30.8. The molecule has 2 aliphatic heterocycles. The van der Waals surface area contributed by atoms with Gasteiger partial charge in [0.15, 0.2) is 6.23 Å². The highest BCUT2D eigenvalue weighted by molar-refractivity contribution is 7.09. The molecule has 4 amide bonds. The van der Waals surface area contributed by atoms with E-state index in [0.29, 0.717) is 29.4 Å². The summed E-state index contributed by atoms with van der Waals surface area (Å²) in [4.78, 5) is 61.3. The van der Waals surface area contributed by atoms with Gasteiger partial charge in [-0.25, -0.2) is 9.67 Å². The number of aliphatic hydroxyl groups excluding tert-OH is 1. The summed E-state index contributed by atoms with van der Waals surface area (Å²) < 4.78 is 48.0. The second-order valence-electron chi connectivity index (χ2n) is 17.5. The van der Waals surface area contributed by atoms with Crippen LogP contribution >= 0.6 is 23.1 Å². The summed E-state index contributed by atoms with van der Waals surface area (Å²) in [5.41, 5.74) is -0.383. The van der Waals surface area contributed by atoms with Crippen molar-refractivity contribution in [1.29, 1.82) is 0 Å². The van der Waals surface area contributed by atoms with E-state index in [9.17, 15) is 33.1 Å². The van der Waals surface area contributed by atoms with Crippen molar-refractivity contribution in [2.45, 2.75) is 89.9 Å². The first kappa shape index (κ1) is 49.8. The SMILES string of the molecule is Cc1nnsc1-c1ccc(CNC(=O)[C@@H]2C[C@@H](O)CN2C(=O)C(NC(=O)COCCNc2ncc(C(=O)Nc3ccc(OC(F)(F)Cl)cc3)cc2-c2ccnn2C2CCCCO2)C(C)(C)C)cc1. The van der Waals surface area contributed by atoms with E-state index in [1.165, 1.54) is 46.9 Å². The molecule has 2 aliphatic rings. The first-order valence-electron chi connectivity index (χ1n) is 22.0. The summed E-state index contributed by atoms with van der Waals surface area (Å²) >= 11 is 6.17. The average Bonchev–Trinajstić information content (AvgIpc) is 4.07. The molecule has 5 heterocycles. The van der Waals surface area contributed by atoms with Crippen LogP contribution in [0.4, 0.5) is 20.3 Å². The quantitative estimate of drug-likeness (QED) is 0.0493. The molecule has 0 radical (unpaired) electrons. The molecule has 18 nitrogen and oxygen atoms in total. The molecule has 2 fully saturated rings. The standard InChI is InChI=1S/C46H53ClF2N10O8S/c1-27-39(68-57-56-27)29-10-8-28(9-11-29)23-52-43(63)36-22-32(60)25-58(36)44(64)40(45(2,3)4)55-37(61)26-65-20-18-50-41-34(35-16-17-53-59(35)38-7-5-6-19-66-38)21-30(24-51-41)42(62)54-31-12-14-33(15-13-31)67-46(47,48)49/h8-17,21,24,32,36,38,40,60H,5-7,18-20,22-23,25-26H2,1-4H3,(H,50,51)(H,52,63)(H,54,62)(H,55,61)/t32-,36+,38?,40?/m1/s1. The Balaban J connectivity index is 0.950. The van der Waals surface area contributed by atoms with Crippen molar-refractivity contribution < 1.29 is 47.3 Å². The summed E-state index contributed by atoms with van der Waals surface area (Å²) in [6, 6.07) is 14.3. The second kappa shape index (κ2) is 21.9. The number of alkyl halides is 3. The van der Waals surface area contributed by atoms with Crippen molar-refractivity contribution in [1.82, 2.24) is 39.9 Å². The number of carbonyl (C=O) groups is 4. The van der Waals surface area contributed by atoms with Crippen LogP contribution in [-0.2, 0) is 30.4 Å². The number of β-amino-alcohol motifs (C(OH)–C–C–N with tert-alkyl or cyclic N) is 1. The van der Waals surface area contributed by atoms with E-state index >= 15 is 0 Å². The molecule has 5 aromatic rings. The number of aliphatic hydroxyl groups is 1. The van der Waals surface area contributed by atoms with Crippen LogP contribution in [0.15, 0.2) is 73.1 Å². The van der Waals surface area contributed by atoms with E-state index in [1.54, 1.807) is 43.8 Å². The molecule has 4 atom stereocenters. The fraction of sp³-hybridized carbons (Fsp3) is 0.435. The molecule has 2 saturated heterocycles. The van der Waals surface area contributed by atoms with Crippen LogP contribution in [0.1, 0.15) is 74.3 Å². The number of aryl methyl sites for hydroxylation is 1. The average molecular weight is 980 g/mol. The minimum Gasteiger partial charge on any atom is -0.420 e. The Kier molecular flexibility index (Phi) is 16.0. The molecule has 0 saturated carbocycles. The van der Waals surface area contributed by atoms with Crippen LogP contribution < -0.4 is 26.0 Å². The molecule has 0 bridgehead atoms. The molecule has 2 aromatic carbocycles. The van der Waals surface area contributed by atoms with Crippen LogP contribution in [0.2, 0.25) is 0 Å². The van der Waals surface area contributed by atoms with Gasteiger partial charge in [-0.05, 0) is 90.7 Å². The summed E-state index contributed by atoms with van der Waals surface area (Å²) in [5.74, 6) is -1.81. The fourth-order valence-corrected chi connectivity index (χ4v) is 8.60. The maximum atomic E-state index is 14.1. The molecule has 3 aromatic heterocycles. The molecule has 2 unspecified atom stereocenters. The number of rotatable bonds is 18. The third-order valence-corrected chi connectivity index (χ3v) is 12.2. The summed E-state index contributed by atoms with van der Waals surface area (Å²) in [7, 11) is 0. The molecule has 7 rings (SSSR count). The zero-order valence-electron chi connectivity index (χ0n) is 37.8. The lowest BCUT2D eigenvalue weighted by molar-refractivity contribution is -0.144. The van der Waals surface area contributed by atoms with E-state index in [4.69, 9.17) is 21.1 Å². The number of benzene rings is 2. The maximum Gasteiger partial charge on any atom is 0.487 e. The number of likely N-dealkylation sites (tertiary alicyclic amines) is 1. The maximum absolute atomic E-state index is 14.1.